The standard InChI is InChI=1S/C2H4.2CH3.Sn/c1-2;;;/h1H,2H3;2*1H3;. The summed E-state index contributed by atoms with van der Waals surface area (Å²) in [6.07, 6.45) is 0. The molecule has 0 fully saturated rings. The van der Waals surface area contributed by atoms with Gasteiger partial charge in [0.2, 0.25) is 0 Å². The molecule has 0 saturated carbocycles. The van der Waals surface area contributed by atoms with Gasteiger partial charge < -0.3 is 0 Å². The minimum absolute atomic E-state index is 0.705. The maximum atomic E-state index is 2.36. The van der Waals surface area contributed by atoms with Crippen molar-refractivity contribution in [3.05, 3.63) is 0 Å². The third kappa shape index (κ3) is 4.67. The molecule has 0 aliphatic heterocycles. The molecule has 5 heavy (non-hydrogen) atoms. The Morgan fingerprint density at radius 3 is 1.60 bits per heavy atom. The summed E-state index contributed by atoms with van der Waals surface area (Å²) in [6.45, 7) is 2.16. The van der Waals surface area contributed by atoms with Gasteiger partial charge in [-0.15, -0.1) is 0 Å². The molecule has 0 aliphatic rings. The van der Waals surface area contributed by atoms with Crippen LogP contribution in [0.25, 0.3) is 0 Å². The Balaban J connectivity index is 3.14. The summed E-state index contributed by atoms with van der Waals surface area (Å²) in [5, 5.41) is 0. The second-order valence-corrected chi connectivity index (χ2v) is 9.16. The van der Waals surface area contributed by atoms with Crippen molar-refractivity contribution in [1.82, 2.24) is 0 Å². The molecule has 0 aromatic carbocycles. The summed E-state index contributed by atoms with van der Waals surface area (Å²) in [5.74, 6) is 0. The molecule has 1 heteroatoms. The van der Waals surface area contributed by atoms with Gasteiger partial charge in [0.15, 0.2) is 0 Å². The fraction of sp³-hybridized carbons (Fsp3) is 0.750. The molecule has 0 amide bonds. The van der Waals surface area contributed by atoms with E-state index >= 15 is 0 Å². The SMILES string of the molecule is C[CH]=[Sn]([CH3])[CH3]. The summed E-state index contributed by atoms with van der Waals surface area (Å²) in [4.78, 5) is 4.73. The van der Waals surface area contributed by atoms with Crippen molar-refractivity contribution >= 4 is 23.3 Å². The first-order valence-electron chi connectivity index (χ1n) is 1.87. The average Bonchev–Trinajstić information content (AvgIpc) is 1.38. The molecule has 0 spiro atoms. The molecular weight excluding hydrogens is 167 g/mol. The van der Waals surface area contributed by atoms with Gasteiger partial charge in [0.05, 0.1) is 0 Å². The molecule has 0 radical (unpaired) electrons. The quantitative estimate of drug-likeness (QED) is 0.486. The molecule has 0 aromatic rings. The van der Waals surface area contributed by atoms with E-state index in [1.807, 2.05) is 0 Å². The van der Waals surface area contributed by atoms with Crippen molar-refractivity contribution in [2.75, 3.05) is 0 Å². The molecule has 0 nitrogen and oxygen atoms in total. The van der Waals surface area contributed by atoms with Crippen molar-refractivity contribution < 1.29 is 0 Å². The van der Waals surface area contributed by atoms with Gasteiger partial charge in [0.25, 0.3) is 0 Å². The number of hydrogen-bond acceptors (Lipinski definition) is 0. The zero-order valence-corrected chi connectivity index (χ0v) is 6.93. The van der Waals surface area contributed by atoms with Crippen LogP contribution in [0.2, 0.25) is 9.88 Å². The third-order valence-corrected chi connectivity index (χ3v) is 3.87. The van der Waals surface area contributed by atoms with Crippen LogP contribution in [0.15, 0.2) is 0 Å². The Kier molecular flexibility index (Phi) is 3.27. The van der Waals surface area contributed by atoms with Crippen LogP contribution in [0.1, 0.15) is 6.92 Å². The molecule has 0 N–H and O–H groups in total. The Hall–Kier alpha value is 0.669. The normalized spacial score (nSPS) is 7.00. The molecule has 0 saturated heterocycles. The van der Waals surface area contributed by atoms with E-state index in [-0.39, 0.29) is 0 Å². The molecule has 0 aromatic heterocycles. The van der Waals surface area contributed by atoms with Gasteiger partial charge in [0.1, 0.15) is 0 Å². The van der Waals surface area contributed by atoms with Crippen molar-refractivity contribution in [3.8, 4) is 0 Å². The van der Waals surface area contributed by atoms with Crippen LogP contribution in [0, 0.1) is 0 Å². The summed E-state index contributed by atoms with van der Waals surface area (Å²) in [7, 11) is 0. The van der Waals surface area contributed by atoms with Crippen LogP contribution in [-0.2, 0) is 0 Å². The molecule has 0 atom stereocenters. The van der Waals surface area contributed by atoms with Crippen LogP contribution in [0.5, 0.6) is 0 Å². The van der Waals surface area contributed by atoms with Gasteiger partial charge in [0, 0.05) is 0 Å². The van der Waals surface area contributed by atoms with E-state index in [1.165, 1.54) is 0 Å². The molecular formula is C4H10Sn. The van der Waals surface area contributed by atoms with Gasteiger partial charge in [-0.2, -0.15) is 0 Å². The molecule has 30 valence electrons. The van der Waals surface area contributed by atoms with Gasteiger partial charge in [-0.1, -0.05) is 0 Å². The van der Waals surface area contributed by atoms with E-state index in [0.29, 0.717) is 0 Å². The first-order valence-corrected chi connectivity index (χ1v) is 9.22. The summed E-state index contributed by atoms with van der Waals surface area (Å²) in [6, 6.07) is 0. The van der Waals surface area contributed by atoms with E-state index in [0.717, 1.165) is 0 Å². The van der Waals surface area contributed by atoms with Gasteiger partial charge in [-0.05, 0) is 0 Å². The third-order valence-electron chi connectivity index (χ3n) is 0.577. The minimum atomic E-state index is -0.705. The van der Waals surface area contributed by atoms with Crippen molar-refractivity contribution in [2.45, 2.75) is 16.8 Å². The first kappa shape index (κ1) is 5.67. The number of hydrogen-bond donors (Lipinski definition) is 0. The fourth-order valence-electron chi connectivity index (χ4n) is 0. The maximum absolute atomic E-state index is 2.36. The topological polar surface area (TPSA) is 0 Å². The zero-order valence-electron chi connectivity index (χ0n) is 4.08. The average molecular weight is 177 g/mol. The van der Waals surface area contributed by atoms with E-state index in [4.69, 9.17) is 0 Å². The summed E-state index contributed by atoms with van der Waals surface area (Å²) < 4.78 is 2.36. The van der Waals surface area contributed by atoms with E-state index in [9.17, 15) is 0 Å². The summed E-state index contributed by atoms with van der Waals surface area (Å²) in [5.41, 5.74) is 0. The Labute approximate surface area is 40.4 Å². The van der Waals surface area contributed by atoms with Gasteiger partial charge in [-0.25, -0.2) is 0 Å². The van der Waals surface area contributed by atoms with Gasteiger partial charge >= 0.3 is 40.1 Å². The van der Waals surface area contributed by atoms with Crippen LogP contribution >= 0.6 is 0 Å². The van der Waals surface area contributed by atoms with E-state index in [1.54, 1.807) is 0 Å². The van der Waals surface area contributed by atoms with Gasteiger partial charge in [-0.3, -0.25) is 0 Å². The van der Waals surface area contributed by atoms with Crippen LogP contribution < -0.4 is 0 Å². The molecule has 0 bridgehead atoms. The van der Waals surface area contributed by atoms with Crippen molar-refractivity contribution in [1.29, 1.82) is 0 Å². The van der Waals surface area contributed by atoms with Crippen LogP contribution in [-0.4, -0.2) is 23.3 Å². The van der Waals surface area contributed by atoms with E-state index < -0.39 is 19.3 Å². The second-order valence-electron chi connectivity index (χ2n) is 1.37. The van der Waals surface area contributed by atoms with Crippen LogP contribution in [0.4, 0.5) is 0 Å². The monoisotopic (exact) mass is 178 g/mol. The summed E-state index contributed by atoms with van der Waals surface area (Å²) >= 11 is -0.705. The Morgan fingerprint density at radius 1 is 1.40 bits per heavy atom. The first-order chi connectivity index (χ1) is 2.27. The molecule has 0 aliphatic carbocycles. The zero-order chi connectivity index (χ0) is 4.28. The van der Waals surface area contributed by atoms with Crippen LogP contribution in [0.3, 0.4) is 0 Å². The predicted molar refractivity (Wildman–Crippen MR) is 29.2 cm³/mol. The van der Waals surface area contributed by atoms with E-state index in [2.05, 4.69) is 20.8 Å². The predicted octanol–water partition coefficient (Wildman–Crippen LogP) is 1.14. The molecule has 0 rings (SSSR count). The van der Waals surface area contributed by atoms with Crippen molar-refractivity contribution in [3.63, 3.8) is 0 Å². The Morgan fingerprint density at radius 2 is 1.60 bits per heavy atom. The second kappa shape index (κ2) is 2.88. The Bertz CT molecular complexity index is 41.6. The van der Waals surface area contributed by atoms with Crippen molar-refractivity contribution in [2.24, 2.45) is 0 Å². The molecule has 0 unspecified atom stereocenters. The number of rotatable bonds is 0. The molecule has 0 heterocycles. The fourth-order valence-corrected chi connectivity index (χ4v) is 0.